The third-order valence-corrected chi connectivity index (χ3v) is 4.36. The predicted octanol–water partition coefficient (Wildman–Crippen LogP) is 3.89. The first-order chi connectivity index (χ1) is 12.6. The summed E-state index contributed by atoms with van der Waals surface area (Å²) in [5.74, 6) is 1.44. The van der Waals surface area contributed by atoms with Crippen molar-refractivity contribution < 1.29 is 19.4 Å². The number of methoxy groups -OCH3 is 2. The summed E-state index contributed by atoms with van der Waals surface area (Å²) >= 11 is 0. The van der Waals surface area contributed by atoms with Crippen molar-refractivity contribution in [2.75, 3.05) is 14.2 Å². The Hall–Kier alpha value is -2.85. The summed E-state index contributed by atoms with van der Waals surface area (Å²) in [7, 11) is 3.22. The van der Waals surface area contributed by atoms with Crippen molar-refractivity contribution in [3.63, 3.8) is 0 Å². The van der Waals surface area contributed by atoms with Gasteiger partial charge in [0.05, 0.1) is 20.3 Å². The number of aliphatic hydroxyl groups excluding tert-OH is 1. The Morgan fingerprint density at radius 1 is 0.885 bits per heavy atom. The maximum Gasteiger partial charge on any atom is 0.185 e. The molecule has 0 bridgehead atoms. The lowest BCUT2D eigenvalue weighted by atomic mass is 9.85. The van der Waals surface area contributed by atoms with E-state index in [-0.39, 0.29) is 5.78 Å². The van der Waals surface area contributed by atoms with Crippen LogP contribution in [-0.4, -0.2) is 31.2 Å². The second-order valence-electron chi connectivity index (χ2n) is 6.28. The van der Waals surface area contributed by atoms with Gasteiger partial charge < -0.3 is 14.6 Å². The van der Waals surface area contributed by atoms with Gasteiger partial charge >= 0.3 is 0 Å². The van der Waals surface area contributed by atoms with Gasteiger partial charge in [0.15, 0.2) is 5.78 Å². The molecule has 0 amide bonds. The average molecular weight is 350 g/mol. The number of benzene rings is 2. The zero-order valence-electron chi connectivity index (χ0n) is 14.9. The summed E-state index contributed by atoms with van der Waals surface area (Å²) in [6.45, 7) is 0. The number of carbonyl (C=O) groups excluding carboxylic acids is 1. The van der Waals surface area contributed by atoms with E-state index in [9.17, 15) is 9.90 Å². The molecular formula is C22H22O4. The van der Waals surface area contributed by atoms with E-state index in [1.54, 1.807) is 14.2 Å². The van der Waals surface area contributed by atoms with Gasteiger partial charge in [0.2, 0.25) is 0 Å². The Labute approximate surface area is 153 Å². The first kappa shape index (κ1) is 18.0. The number of Topliss-reactive ketones (excluding diaryl/α,β-unsaturated/α-hetero) is 1. The quantitative estimate of drug-likeness (QED) is 0.850. The topological polar surface area (TPSA) is 55.8 Å². The zero-order chi connectivity index (χ0) is 18.5. The van der Waals surface area contributed by atoms with Gasteiger partial charge in [-0.2, -0.15) is 0 Å². The van der Waals surface area contributed by atoms with E-state index in [0.717, 1.165) is 22.6 Å². The van der Waals surface area contributed by atoms with E-state index < -0.39 is 6.10 Å². The molecule has 3 rings (SSSR count). The lowest BCUT2D eigenvalue weighted by Gasteiger charge is -2.22. The summed E-state index contributed by atoms with van der Waals surface area (Å²) in [6, 6.07) is 15.0. The van der Waals surface area contributed by atoms with Crippen LogP contribution >= 0.6 is 0 Å². The first-order valence-electron chi connectivity index (χ1n) is 8.51. The Morgan fingerprint density at radius 3 is 1.77 bits per heavy atom. The highest BCUT2D eigenvalue weighted by molar-refractivity contribution is 6.14. The van der Waals surface area contributed by atoms with Crippen molar-refractivity contribution in [2.24, 2.45) is 0 Å². The van der Waals surface area contributed by atoms with Crippen molar-refractivity contribution in [2.45, 2.75) is 18.9 Å². The molecule has 0 saturated heterocycles. The second kappa shape index (κ2) is 8.02. The molecule has 0 atom stereocenters. The average Bonchev–Trinajstić information content (AvgIpc) is 2.66. The van der Waals surface area contributed by atoms with Crippen LogP contribution in [0.2, 0.25) is 0 Å². The van der Waals surface area contributed by atoms with E-state index in [4.69, 9.17) is 9.47 Å². The highest BCUT2D eigenvalue weighted by Gasteiger charge is 2.26. The van der Waals surface area contributed by atoms with E-state index >= 15 is 0 Å². The number of hydrogen-bond donors (Lipinski definition) is 1. The maximum absolute atomic E-state index is 12.9. The van der Waals surface area contributed by atoms with Gasteiger partial charge in [-0.1, -0.05) is 24.3 Å². The molecule has 1 fully saturated rings. The predicted molar refractivity (Wildman–Crippen MR) is 102 cm³/mol. The molecule has 0 unspecified atom stereocenters. The molecule has 0 aliphatic heterocycles. The molecule has 4 nitrogen and oxygen atoms in total. The van der Waals surface area contributed by atoms with Crippen LogP contribution in [0, 0.1) is 0 Å². The van der Waals surface area contributed by atoms with Gasteiger partial charge in [-0.15, -0.1) is 0 Å². The minimum Gasteiger partial charge on any atom is -0.497 e. The fourth-order valence-electron chi connectivity index (χ4n) is 3.09. The molecule has 1 saturated carbocycles. The summed E-state index contributed by atoms with van der Waals surface area (Å²) in [5, 5.41) is 10.2. The monoisotopic (exact) mass is 350 g/mol. The van der Waals surface area contributed by atoms with Crippen LogP contribution in [0.15, 0.2) is 59.7 Å². The van der Waals surface area contributed by atoms with Gasteiger partial charge in [0, 0.05) is 24.0 Å². The third-order valence-electron chi connectivity index (χ3n) is 4.36. The molecule has 26 heavy (non-hydrogen) atoms. The van der Waals surface area contributed by atoms with Gasteiger partial charge in [-0.05, 0) is 47.5 Å². The molecule has 1 aliphatic carbocycles. The van der Waals surface area contributed by atoms with Crippen molar-refractivity contribution >= 4 is 17.9 Å². The van der Waals surface area contributed by atoms with E-state index in [1.807, 2.05) is 60.7 Å². The number of ether oxygens (including phenoxy) is 2. The van der Waals surface area contributed by atoms with E-state index in [2.05, 4.69) is 0 Å². The maximum atomic E-state index is 12.9. The van der Waals surface area contributed by atoms with E-state index in [1.165, 1.54) is 0 Å². The fourth-order valence-corrected chi connectivity index (χ4v) is 3.09. The summed E-state index contributed by atoms with van der Waals surface area (Å²) in [5.41, 5.74) is 2.96. The van der Waals surface area contributed by atoms with Crippen LogP contribution < -0.4 is 9.47 Å². The Kier molecular flexibility index (Phi) is 5.54. The van der Waals surface area contributed by atoms with Crippen molar-refractivity contribution in [3.05, 3.63) is 70.8 Å². The van der Waals surface area contributed by atoms with E-state index in [0.29, 0.717) is 24.0 Å². The molecular weight excluding hydrogens is 328 g/mol. The Bertz CT molecular complexity index is 794. The van der Waals surface area contributed by atoms with Gasteiger partial charge in [0.1, 0.15) is 11.5 Å². The standard InChI is InChI=1S/C22H22O4/c1-25-20-7-3-5-15(11-20)9-17-13-19(23)14-18(22(17)24)10-16-6-4-8-21(12-16)26-2/h3-12,19,23H,13-14H2,1-2H3/b17-9+,18-10+. The van der Waals surface area contributed by atoms with Crippen LogP contribution in [-0.2, 0) is 4.79 Å². The summed E-state index contributed by atoms with van der Waals surface area (Å²) < 4.78 is 10.5. The molecule has 0 radical (unpaired) electrons. The lowest BCUT2D eigenvalue weighted by molar-refractivity contribution is -0.113. The second-order valence-corrected chi connectivity index (χ2v) is 6.28. The molecule has 2 aromatic rings. The van der Waals surface area contributed by atoms with Crippen molar-refractivity contribution in [3.8, 4) is 11.5 Å². The van der Waals surface area contributed by atoms with Crippen LogP contribution in [0.4, 0.5) is 0 Å². The van der Waals surface area contributed by atoms with Gasteiger partial charge in [-0.25, -0.2) is 0 Å². The number of rotatable bonds is 4. The van der Waals surface area contributed by atoms with Crippen molar-refractivity contribution in [1.29, 1.82) is 0 Å². The number of carbonyl (C=O) groups is 1. The molecule has 1 aliphatic rings. The summed E-state index contributed by atoms with van der Waals surface area (Å²) in [6.07, 6.45) is 3.79. The first-order valence-corrected chi connectivity index (χ1v) is 8.51. The molecule has 1 N–H and O–H groups in total. The minimum absolute atomic E-state index is 0.0269. The molecule has 2 aromatic carbocycles. The normalized spacial score (nSPS) is 20.4. The van der Waals surface area contributed by atoms with Crippen LogP contribution in [0.1, 0.15) is 24.0 Å². The molecule has 0 aromatic heterocycles. The van der Waals surface area contributed by atoms with Gasteiger partial charge in [-0.3, -0.25) is 4.79 Å². The van der Waals surface area contributed by atoms with Gasteiger partial charge in [0.25, 0.3) is 0 Å². The minimum atomic E-state index is -0.568. The number of aliphatic hydroxyl groups is 1. The van der Waals surface area contributed by atoms with Crippen LogP contribution in [0.5, 0.6) is 11.5 Å². The Morgan fingerprint density at radius 2 is 1.35 bits per heavy atom. The van der Waals surface area contributed by atoms with Crippen molar-refractivity contribution in [1.82, 2.24) is 0 Å². The number of ketones is 1. The fraction of sp³-hybridized carbons (Fsp3) is 0.227. The molecule has 134 valence electrons. The third kappa shape index (κ3) is 4.21. The molecule has 4 heteroatoms. The smallest absolute Gasteiger partial charge is 0.185 e. The molecule has 0 spiro atoms. The highest BCUT2D eigenvalue weighted by Crippen LogP contribution is 2.29. The lowest BCUT2D eigenvalue weighted by Crippen LogP contribution is -2.23. The largest absolute Gasteiger partial charge is 0.497 e. The number of hydrogen-bond acceptors (Lipinski definition) is 4. The van der Waals surface area contributed by atoms with Crippen LogP contribution in [0.25, 0.3) is 12.2 Å². The zero-order valence-corrected chi connectivity index (χ0v) is 14.9. The Balaban J connectivity index is 1.92. The highest BCUT2D eigenvalue weighted by atomic mass is 16.5. The SMILES string of the molecule is COc1cccc(/C=C2\CC(O)C/C(=C\c3cccc(OC)c3)C2=O)c1. The summed E-state index contributed by atoms with van der Waals surface area (Å²) in [4.78, 5) is 12.9. The molecule has 0 heterocycles. The van der Waals surface area contributed by atoms with Crippen LogP contribution in [0.3, 0.4) is 0 Å².